The lowest BCUT2D eigenvalue weighted by atomic mass is 9.81. The van der Waals surface area contributed by atoms with Gasteiger partial charge in [-0.15, -0.1) is 0 Å². The molecule has 0 unspecified atom stereocenters. The van der Waals surface area contributed by atoms with Gasteiger partial charge >= 0.3 is 6.18 Å². The van der Waals surface area contributed by atoms with Gasteiger partial charge in [-0.05, 0) is 61.9 Å². The average Bonchev–Trinajstić information content (AvgIpc) is 2.65. The van der Waals surface area contributed by atoms with E-state index in [2.05, 4.69) is 4.98 Å². The topological polar surface area (TPSA) is 64.1 Å². The number of aromatic nitrogens is 1. The fraction of sp³-hybridized carbons (Fsp3) is 0.455. The van der Waals surface area contributed by atoms with Crippen molar-refractivity contribution in [2.24, 2.45) is 5.92 Å². The molecule has 1 aromatic carbocycles. The van der Waals surface area contributed by atoms with Crippen LogP contribution in [-0.2, 0) is 16.0 Å². The Hall–Kier alpha value is -2.29. The molecule has 1 aromatic heterocycles. The van der Waals surface area contributed by atoms with Gasteiger partial charge in [-0.3, -0.25) is 9.78 Å². The Kier molecular flexibility index (Phi) is 6.83. The zero-order valence-corrected chi connectivity index (χ0v) is 17.8. The van der Waals surface area contributed by atoms with Crippen LogP contribution in [0.3, 0.4) is 0 Å². The van der Waals surface area contributed by atoms with Crippen LogP contribution in [0.25, 0.3) is 0 Å². The number of carbonyl (C=O) groups excluding carboxylic acids is 1. The molecule has 2 aromatic rings. The van der Waals surface area contributed by atoms with Crippen LogP contribution in [0.15, 0.2) is 41.4 Å². The molecule has 4 nitrogen and oxygen atoms in total. The number of hydrogen-bond acceptors (Lipinski definition) is 4. The number of pyridine rings is 1. The second-order valence-corrected chi connectivity index (χ2v) is 10.3. The van der Waals surface area contributed by atoms with E-state index in [9.17, 15) is 30.8 Å². The fourth-order valence-corrected chi connectivity index (χ4v) is 5.73. The lowest BCUT2D eigenvalue weighted by Gasteiger charge is -2.35. The number of Topliss-reactive ketones (excluding diaryl/α,β-unsaturated/α-hetero) is 1. The van der Waals surface area contributed by atoms with Gasteiger partial charge in [0.1, 0.15) is 11.5 Å². The zero-order valence-electron chi connectivity index (χ0n) is 17.0. The first kappa shape index (κ1) is 23.4. The van der Waals surface area contributed by atoms with Crippen LogP contribution < -0.4 is 0 Å². The van der Waals surface area contributed by atoms with Crippen molar-refractivity contribution in [3.05, 3.63) is 59.2 Å². The fourth-order valence-electron chi connectivity index (χ4n) is 3.73. The molecule has 0 N–H and O–H groups in total. The summed E-state index contributed by atoms with van der Waals surface area (Å²) in [5, 5.41) is -0.807. The molecule has 1 fully saturated rings. The molecule has 1 aliphatic carbocycles. The second-order valence-electron chi connectivity index (χ2n) is 8.07. The Morgan fingerprint density at radius 3 is 2.45 bits per heavy atom. The number of rotatable bonds is 8. The summed E-state index contributed by atoms with van der Waals surface area (Å²) < 4.78 is 77.4. The molecular weight excluding hydrogens is 434 g/mol. The molecule has 0 aliphatic heterocycles. The summed E-state index contributed by atoms with van der Waals surface area (Å²) in [5.41, 5.74) is 0.0855. The molecule has 0 radical (unpaired) electrons. The minimum Gasteiger partial charge on any atom is -0.292 e. The third kappa shape index (κ3) is 5.70. The SMILES string of the molecule is Cc1ccc(C(=O)CCCCC2CC(S(=O)(=O)c3cc(F)cc(C(F)(F)F)c3)C2)nc1. The third-order valence-electron chi connectivity index (χ3n) is 5.62. The van der Waals surface area contributed by atoms with E-state index in [4.69, 9.17) is 0 Å². The van der Waals surface area contributed by atoms with Gasteiger partial charge < -0.3 is 0 Å². The Morgan fingerprint density at radius 1 is 1.13 bits per heavy atom. The predicted molar refractivity (Wildman–Crippen MR) is 107 cm³/mol. The van der Waals surface area contributed by atoms with Crippen LogP contribution in [0.4, 0.5) is 17.6 Å². The number of unbranched alkanes of at least 4 members (excludes halogenated alkanes) is 1. The molecule has 0 atom stereocenters. The van der Waals surface area contributed by atoms with E-state index in [-0.39, 0.29) is 17.8 Å². The molecule has 168 valence electrons. The van der Waals surface area contributed by atoms with Crippen LogP contribution >= 0.6 is 0 Å². The zero-order chi connectivity index (χ0) is 22.8. The molecule has 0 spiro atoms. The number of carbonyl (C=O) groups is 1. The number of sulfone groups is 1. The normalized spacial score (nSPS) is 19.1. The predicted octanol–water partition coefficient (Wildman–Crippen LogP) is 5.54. The van der Waals surface area contributed by atoms with Gasteiger partial charge in [0.05, 0.1) is 15.7 Å². The number of benzene rings is 1. The van der Waals surface area contributed by atoms with E-state index in [0.29, 0.717) is 43.5 Å². The highest BCUT2D eigenvalue weighted by molar-refractivity contribution is 7.92. The molecule has 0 amide bonds. The minimum atomic E-state index is -4.82. The summed E-state index contributed by atoms with van der Waals surface area (Å²) >= 11 is 0. The first-order valence-electron chi connectivity index (χ1n) is 10.0. The van der Waals surface area contributed by atoms with Crippen molar-refractivity contribution in [2.45, 2.75) is 61.8 Å². The second kappa shape index (κ2) is 9.06. The van der Waals surface area contributed by atoms with Gasteiger partial charge in [0.2, 0.25) is 0 Å². The summed E-state index contributed by atoms with van der Waals surface area (Å²) in [4.78, 5) is 15.6. The number of aryl methyl sites for hydroxylation is 1. The number of alkyl halides is 3. The monoisotopic (exact) mass is 457 g/mol. The van der Waals surface area contributed by atoms with Crippen molar-refractivity contribution in [1.29, 1.82) is 0 Å². The van der Waals surface area contributed by atoms with Crippen LogP contribution in [0.5, 0.6) is 0 Å². The quantitative estimate of drug-likeness (QED) is 0.296. The van der Waals surface area contributed by atoms with E-state index in [0.717, 1.165) is 18.4 Å². The van der Waals surface area contributed by atoms with Gasteiger partial charge in [-0.25, -0.2) is 12.8 Å². The van der Waals surface area contributed by atoms with E-state index in [1.165, 1.54) is 0 Å². The highest BCUT2D eigenvalue weighted by atomic mass is 32.2. The maximum absolute atomic E-state index is 13.6. The largest absolute Gasteiger partial charge is 0.416 e. The Morgan fingerprint density at radius 2 is 1.84 bits per heavy atom. The smallest absolute Gasteiger partial charge is 0.292 e. The average molecular weight is 457 g/mol. The van der Waals surface area contributed by atoms with Gasteiger partial charge in [0.15, 0.2) is 15.6 Å². The molecule has 1 aliphatic rings. The van der Waals surface area contributed by atoms with Crippen molar-refractivity contribution in [1.82, 2.24) is 4.98 Å². The number of ketones is 1. The summed E-state index contributed by atoms with van der Waals surface area (Å²) in [6, 6.07) is 4.94. The lowest BCUT2D eigenvalue weighted by molar-refractivity contribution is -0.137. The van der Waals surface area contributed by atoms with E-state index < -0.39 is 37.5 Å². The summed E-state index contributed by atoms with van der Waals surface area (Å²) in [5.74, 6) is -1.14. The van der Waals surface area contributed by atoms with Crippen molar-refractivity contribution < 1.29 is 30.8 Å². The first-order valence-corrected chi connectivity index (χ1v) is 11.6. The molecule has 1 heterocycles. The van der Waals surface area contributed by atoms with Gasteiger partial charge in [-0.2, -0.15) is 13.2 Å². The maximum atomic E-state index is 13.6. The summed E-state index contributed by atoms with van der Waals surface area (Å²) in [6.45, 7) is 1.89. The minimum absolute atomic E-state index is 0.0411. The highest BCUT2D eigenvalue weighted by Gasteiger charge is 2.40. The summed E-state index contributed by atoms with van der Waals surface area (Å²) in [6.07, 6.45) is -0.0419. The van der Waals surface area contributed by atoms with Crippen molar-refractivity contribution in [2.75, 3.05) is 0 Å². The van der Waals surface area contributed by atoms with E-state index in [1.54, 1.807) is 12.3 Å². The lowest BCUT2D eigenvalue weighted by Crippen LogP contribution is -2.36. The molecule has 31 heavy (non-hydrogen) atoms. The van der Waals surface area contributed by atoms with E-state index in [1.807, 2.05) is 13.0 Å². The third-order valence-corrected chi connectivity index (χ3v) is 7.78. The highest BCUT2D eigenvalue weighted by Crippen LogP contribution is 2.40. The Bertz CT molecular complexity index is 1040. The molecule has 1 saturated carbocycles. The molecular formula is C22H23F4NO3S. The van der Waals surface area contributed by atoms with Gasteiger partial charge in [0, 0.05) is 12.6 Å². The molecule has 0 saturated heterocycles. The Labute approximate surface area is 178 Å². The van der Waals surface area contributed by atoms with Crippen LogP contribution in [0.1, 0.15) is 60.1 Å². The van der Waals surface area contributed by atoms with Gasteiger partial charge in [-0.1, -0.05) is 18.9 Å². The molecule has 0 bridgehead atoms. The number of hydrogen-bond donors (Lipinski definition) is 0. The van der Waals surface area contributed by atoms with E-state index >= 15 is 0 Å². The number of halogens is 4. The van der Waals surface area contributed by atoms with Crippen molar-refractivity contribution >= 4 is 15.6 Å². The Balaban J connectivity index is 1.48. The number of nitrogens with zero attached hydrogens (tertiary/aromatic N) is 1. The molecule has 3 rings (SSSR count). The van der Waals surface area contributed by atoms with Crippen molar-refractivity contribution in [3.63, 3.8) is 0 Å². The standard InChI is InChI=1S/C22H23F4NO3S/c1-14-6-7-20(27-13-14)21(28)5-3-2-4-15-8-18(9-15)31(29,30)19-11-16(22(24,25)26)10-17(23)12-19/h6-7,10-13,15,18H,2-5,8-9H2,1H3. The van der Waals surface area contributed by atoms with Crippen LogP contribution in [0.2, 0.25) is 0 Å². The van der Waals surface area contributed by atoms with Crippen LogP contribution in [-0.4, -0.2) is 24.4 Å². The maximum Gasteiger partial charge on any atom is 0.416 e. The molecule has 9 heteroatoms. The summed E-state index contributed by atoms with van der Waals surface area (Å²) in [7, 11) is -4.03. The van der Waals surface area contributed by atoms with Crippen molar-refractivity contribution in [3.8, 4) is 0 Å². The first-order chi connectivity index (χ1) is 14.5. The van der Waals surface area contributed by atoms with Gasteiger partial charge in [0.25, 0.3) is 0 Å². The van der Waals surface area contributed by atoms with Crippen LogP contribution in [0, 0.1) is 18.7 Å².